The molecule has 0 aliphatic rings. The Bertz CT molecular complexity index is 1900. The maximum Gasteiger partial charge on any atom is 0.472 e. The predicted molar refractivity (Wildman–Crippen MR) is 377 cm³/mol. The van der Waals surface area contributed by atoms with Crippen LogP contribution in [0, 0.1) is 11.8 Å². The fraction of sp³-hybridized carbons (Fsp3) is 0.892. The van der Waals surface area contributed by atoms with Crippen molar-refractivity contribution in [3.63, 3.8) is 0 Å². The quantitative estimate of drug-likeness (QED) is 0.0169. The van der Waals surface area contributed by atoms with E-state index in [1.54, 1.807) is 0 Å². The fourth-order valence-electron chi connectivity index (χ4n) is 10.8. The first-order valence-corrected chi connectivity index (χ1v) is 40.8. The van der Waals surface area contributed by atoms with Gasteiger partial charge in [-0.2, -0.15) is 0 Å². The number of aliphatic hydroxyl groups excluding tert-OH is 1. The summed E-state index contributed by atoms with van der Waals surface area (Å²) in [5.41, 5.74) is 0. The van der Waals surface area contributed by atoms with Gasteiger partial charge >= 0.3 is 39.5 Å². The monoisotopic (exact) mass is 1360 g/mol. The number of hydrogen-bond acceptors (Lipinski definition) is 15. The number of phosphoric acid groups is 2. The second-order valence-electron chi connectivity index (χ2n) is 27.0. The van der Waals surface area contributed by atoms with Crippen molar-refractivity contribution in [3.8, 4) is 0 Å². The molecular weight excluding hydrogens is 1220 g/mol. The first-order valence-electron chi connectivity index (χ1n) is 37.8. The van der Waals surface area contributed by atoms with Crippen molar-refractivity contribution in [1.29, 1.82) is 0 Å². The van der Waals surface area contributed by atoms with Gasteiger partial charge < -0.3 is 33.8 Å². The Balaban J connectivity index is 5.26. The zero-order valence-electron chi connectivity index (χ0n) is 60.0. The number of esters is 4. The molecule has 0 spiro atoms. The third kappa shape index (κ3) is 67.9. The summed E-state index contributed by atoms with van der Waals surface area (Å²) in [4.78, 5) is 72.6. The second kappa shape index (κ2) is 65.5. The molecule has 0 aromatic heterocycles. The third-order valence-corrected chi connectivity index (χ3v) is 18.5. The molecule has 17 nitrogen and oxygen atoms in total. The molecule has 0 aliphatic carbocycles. The summed E-state index contributed by atoms with van der Waals surface area (Å²) in [6.45, 7) is 9.48. The summed E-state index contributed by atoms with van der Waals surface area (Å²) in [7, 11) is -9.92. The maximum absolute atomic E-state index is 13.1. The van der Waals surface area contributed by atoms with Gasteiger partial charge in [0, 0.05) is 25.7 Å². The van der Waals surface area contributed by atoms with Crippen LogP contribution in [0.25, 0.3) is 0 Å². The van der Waals surface area contributed by atoms with Crippen LogP contribution in [0.1, 0.15) is 356 Å². The van der Waals surface area contributed by atoms with Crippen molar-refractivity contribution in [2.45, 2.75) is 374 Å². The highest BCUT2D eigenvalue weighted by atomic mass is 31.2. The first kappa shape index (κ1) is 90.5. The lowest BCUT2D eigenvalue weighted by molar-refractivity contribution is -0.161. The standard InChI is InChI=1S/C74H140O17P2/c1-7-9-11-13-15-17-18-19-21-25-28-32-39-45-51-57-72(77)85-63-69(90-73(78)58-52-46-40-33-29-26-23-20-22-24-27-31-36-42-48-54-66(3)4)64-88-92(80,81)86-60-68(75)61-87-93(82,83)89-65-70(62-84-71(76)56-50-44-38-30-16-14-12-10-8-2)91-74(79)59-53-47-41-35-34-37-43-49-55-67(5)6/h17-19,21,66-70,75H,7-16,20,22-65H2,1-6H3,(H,80,81)(H,82,83)/b18-17-,21-19-/t68-,69-,70-/m1/s1. The number of phosphoric ester groups is 2. The Kier molecular flexibility index (Phi) is 63.7. The van der Waals surface area contributed by atoms with Crippen LogP contribution in [0.5, 0.6) is 0 Å². The van der Waals surface area contributed by atoms with Gasteiger partial charge in [-0.05, 0) is 63.2 Å². The molecule has 19 heteroatoms. The van der Waals surface area contributed by atoms with Crippen molar-refractivity contribution in [3.05, 3.63) is 24.3 Å². The van der Waals surface area contributed by atoms with Crippen LogP contribution < -0.4 is 0 Å². The minimum atomic E-state index is -4.96. The van der Waals surface area contributed by atoms with E-state index in [9.17, 15) is 43.2 Å². The summed E-state index contributed by atoms with van der Waals surface area (Å²) in [6, 6.07) is 0. The number of allylic oxidation sites excluding steroid dienone is 4. The summed E-state index contributed by atoms with van der Waals surface area (Å²) >= 11 is 0. The Hall–Kier alpha value is -2.46. The number of carbonyl (C=O) groups is 4. The lowest BCUT2D eigenvalue weighted by Gasteiger charge is -2.21. The molecule has 0 saturated heterocycles. The summed E-state index contributed by atoms with van der Waals surface area (Å²) in [6.07, 6.45) is 55.0. The largest absolute Gasteiger partial charge is 0.472 e. The van der Waals surface area contributed by atoms with E-state index in [0.29, 0.717) is 25.7 Å². The van der Waals surface area contributed by atoms with Crippen molar-refractivity contribution in [2.75, 3.05) is 39.6 Å². The molecule has 0 bridgehead atoms. The Morgan fingerprint density at radius 1 is 0.333 bits per heavy atom. The second-order valence-corrected chi connectivity index (χ2v) is 29.9. The molecule has 5 atom stereocenters. The average molecular weight is 1360 g/mol. The van der Waals surface area contributed by atoms with Crippen LogP contribution >= 0.6 is 15.6 Å². The van der Waals surface area contributed by atoms with E-state index in [1.165, 1.54) is 154 Å². The number of unbranched alkanes of at least 4 members (excludes halogenated alkanes) is 38. The highest BCUT2D eigenvalue weighted by Gasteiger charge is 2.30. The average Bonchev–Trinajstić information content (AvgIpc) is 2.18. The zero-order valence-corrected chi connectivity index (χ0v) is 61.8. The number of ether oxygens (including phenoxy) is 4. The SMILES string of the molecule is CCCCCC/C=C\C=C/CCCCCCCC(=O)OC[C@H](COP(=O)(O)OC[C@@H](O)COP(=O)(O)OC[C@@H](COC(=O)CCCCCCCCCCC)OC(=O)CCCCCCCCCCC(C)C)OC(=O)CCCCCCCCCCCCCCCCCC(C)C. The van der Waals surface area contributed by atoms with Gasteiger partial charge in [-0.3, -0.25) is 37.3 Å². The summed E-state index contributed by atoms with van der Waals surface area (Å²) in [5, 5.41) is 10.6. The minimum Gasteiger partial charge on any atom is -0.462 e. The Labute approximate surface area is 567 Å². The summed E-state index contributed by atoms with van der Waals surface area (Å²) in [5.74, 6) is -0.634. The first-order chi connectivity index (χ1) is 44.9. The van der Waals surface area contributed by atoms with Crippen LogP contribution in [0.3, 0.4) is 0 Å². The molecule has 2 unspecified atom stereocenters. The highest BCUT2D eigenvalue weighted by Crippen LogP contribution is 2.45. The molecule has 0 aromatic rings. The molecule has 93 heavy (non-hydrogen) atoms. The Morgan fingerprint density at radius 2 is 0.581 bits per heavy atom. The number of hydrogen-bond donors (Lipinski definition) is 3. The fourth-order valence-corrected chi connectivity index (χ4v) is 12.3. The highest BCUT2D eigenvalue weighted by molar-refractivity contribution is 7.47. The van der Waals surface area contributed by atoms with E-state index in [1.807, 2.05) is 0 Å². The molecule has 0 rings (SSSR count). The Morgan fingerprint density at radius 3 is 0.882 bits per heavy atom. The molecule has 3 N–H and O–H groups in total. The van der Waals surface area contributed by atoms with E-state index in [-0.39, 0.29) is 25.7 Å². The van der Waals surface area contributed by atoms with Crippen LogP contribution in [0.15, 0.2) is 24.3 Å². The van der Waals surface area contributed by atoms with E-state index < -0.39 is 97.5 Å². The molecule has 0 fully saturated rings. The lowest BCUT2D eigenvalue weighted by atomic mass is 10.0. The molecular formula is C74H140O17P2. The van der Waals surface area contributed by atoms with E-state index in [0.717, 1.165) is 121 Å². The molecule has 0 aromatic carbocycles. The molecule has 0 amide bonds. The van der Waals surface area contributed by atoms with Gasteiger partial charge in [-0.1, -0.05) is 303 Å². The van der Waals surface area contributed by atoms with Crippen LogP contribution in [-0.2, 0) is 65.4 Å². The van der Waals surface area contributed by atoms with Crippen LogP contribution in [-0.4, -0.2) is 96.7 Å². The third-order valence-electron chi connectivity index (χ3n) is 16.6. The van der Waals surface area contributed by atoms with Gasteiger partial charge in [-0.15, -0.1) is 0 Å². The minimum absolute atomic E-state index is 0.101. The van der Waals surface area contributed by atoms with Gasteiger partial charge in [-0.25, -0.2) is 9.13 Å². The molecule has 0 aliphatic heterocycles. The van der Waals surface area contributed by atoms with Gasteiger partial charge in [0.05, 0.1) is 26.4 Å². The zero-order chi connectivity index (χ0) is 68.6. The molecule has 548 valence electrons. The van der Waals surface area contributed by atoms with Crippen molar-refractivity contribution < 1.29 is 80.2 Å². The summed E-state index contributed by atoms with van der Waals surface area (Å²) < 4.78 is 68.3. The lowest BCUT2D eigenvalue weighted by Crippen LogP contribution is -2.30. The van der Waals surface area contributed by atoms with Gasteiger partial charge in [0.1, 0.15) is 19.3 Å². The molecule has 0 saturated carbocycles. The smallest absolute Gasteiger partial charge is 0.462 e. The van der Waals surface area contributed by atoms with E-state index in [4.69, 9.17) is 37.0 Å². The molecule has 0 radical (unpaired) electrons. The van der Waals surface area contributed by atoms with Crippen LogP contribution in [0.4, 0.5) is 0 Å². The van der Waals surface area contributed by atoms with Crippen molar-refractivity contribution in [1.82, 2.24) is 0 Å². The number of carbonyl (C=O) groups excluding carboxylic acids is 4. The van der Waals surface area contributed by atoms with Gasteiger partial charge in [0.25, 0.3) is 0 Å². The predicted octanol–water partition coefficient (Wildman–Crippen LogP) is 21.1. The number of rotatable bonds is 71. The van der Waals surface area contributed by atoms with E-state index >= 15 is 0 Å². The van der Waals surface area contributed by atoms with Gasteiger partial charge in [0.15, 0.2) is 12.2 Å². The van der Waals surface area contributed by atoms with Crippen molar-refractivity contribution >= 4 is 39.5 Å². The topological polar surface area (TPSA) is 237 Å². The maximum atomic E-state index is 13.1. The van der Waals surface area contributed by atoms with Gasteiger partial charge in [0.2, 0.25) is 0 Å². The normalized spacial score (nSPS) is 14.2. The number of aliphatic hydroxyl groups is 1. The molecule has 0 heterocycles. The van der Waals surface area contributed by atoms with Crippen molar-refractivity contribution in [2.24, 2.45) is 11.8 Å². The van der Waals surface area contributed by atoms with Crippen LogP contribution in [0.2, 0.25) is 0 Å². The van der Waals surface area contributed by atoms with E-state index in [2.05, 4.69) is 65.8 Å².